The van der Waals surface area contributed by atoms with E-state index in [1.54, 1.807) is 9.24 Å². The van der Waals surface area contributed by atoms with Crippen molar-refractivity contribution in [1.29, 1.82) is 0 Å². The number of hydrogen-bond acceptors (Lipinski definition) is 1. The normalized spacial score (nSPS) is 15.2. The summed E-state index contributed by atoms with van der Waals surface area (Å²) in [4.78, 5) is 11.0. The molecule has 1 unspecified atom stereocenters. The fraction of sp³-hybridized carbons (Fsp3) is 0.125. The number of carbonyl (C=O) groups is 1. The molecule has 9 heteroatoms. The number of halogens is 6. The standard InChI is InChI=1S/C8H9OP.F6P/c9-8(6-10)7-4-2-1-3-5-7;1-7(2,3,4,5)6/h1-5H,6,10H2;/q;-1/p+1. The molecule has 0 saturated carbocycles. The fourth-order valence-corrected chi connectivity index (χ4v) is 1.06. The summed E-state index contributed by atoms with van der Waals surface area (Å²) in [6.45, 7) is 0. The Kier molecular flexibility index (Phi) is 4.36. The van der Waals surface area contributed by atoms with Crippen molar-refractivity contribution in [1.82, 2.24) is 0 Å². The number of hydrogen-bond donors (Lipinski definition) is 0. The van der Waals surface area contributed by atoms with Gasteiger partial charge in [0.1, 0.15) is 6.16 Å². The summed E-state index contributed by atoms with van der Waals surface area (Å²) in [6, 6.07) is 9.36. The molecule has 0 amide bonds. The zero-order valence-corrected chi connectivity index (χ0v) is 10.7. The van der Waals surface area contributed by atoms with Gasteiger partial charge in [0.05, 0.1) is 0 Å². The van der Waals surface area contributed by atoms with Crippen molar-refractivity contribution in [2.45, 2.75) is 0 Å². The Morgan fingerprint density at radius 3 is 1.65 bits per heavy atom. The molecule has 0 N–H and O–H groups in total. The van der Waals surface area contributed by atoms with Gasteiger partial charge in [-0.05, 0) is 9.24 Å². The van der Waals surface area contributed by atoms with Crippen molar-refractivity contribution in [3.05, 3.63) is 35.9 Å². The second kappa shape index (κ2) is 4.54. The number of Topliss-reactive ketones (excluding diaryl/α,β-unsaturated/α-hetero) is 1. The molecular formula is C8H10F6OP2. The molecule has 0 aliphatic carbocycles. The Labute approximate surface area is 95.6 Å². The van der Waals surface area contributed by atoms with Gasteiger partial charge in [-0.2, -0.15) is 0 Å². The van der Waals surface area contributed by atoms with Gasteiger partial charge in [0, 0.05) is 5.56 Å². The van der Waals surface area contributed by atoms with Crippen molar-refractivity contribution in [3.63, 3.8) is 0 Å². The van der Waals surface area contributed by atoms with E-state index in [0.717, 1.165) is 5.56 Å². The number of benzene rings is 1. The minimum absolute atomic E-state index is 0.221. The van der Waals surface area contributed by atoms with Gasteiger partial charge in [-0.25, -0.2) is 0 Å². The Morgan fingerprint density at radius 1 is 1.00 bits per heavy atom. The first-order chi connectivity index (χ1) is 7.29. The summed E-state index contributed by atoms with van der Waals surface area (Å²) < 4.78 is 59.2. The summed E-state index contributed by atoms with van der Waals surface area (Å²) in [6.07, 6.45) is 0.615. The first kappa shape index (κ1) is 16.3. The van der Waals surface area contributed by atoms with Crippen LogP contribution in [0.15, 0.2) is 30.3 Å². The quantitative estimate of drug-likeness (QED) is 0.433. The molecule has 0 fully saturated rings. The molecule has 1 aromatic rings. The van der Waals surface area contributed by atoms with E-state index >= 15 is 0 Å². The monoisotopic (exact) mass is 298 g/mol. The second-order valence-electron chi connectivity index (χ2n) is 3.00. The molecule has 0 saturated heterocycles. The van der Waals surface area contributed by atoms with Crippen LogP contribution in [0.4, 0.5) is 25.2 Å². The molecule has 1 rings (SSSR count). The molecule has 0 aliphatic rings. The van der Waals surface area contributed by atoms with Crippen LogP contribution in [0.25, 0.3) is 0 Å². The van der Waals surface area contributed by atoms with Crippen LogP contribution >= 0.6 is 17.0 Å². The molecule has 0 aromatic heterocycles. The molecule has 0 spiro atoms. The first-order valence-corrected chi connectivity index (χ1v) is 7.26. The van der Waals surface area contributed by atoms with Gasteiger partial charge in [0.2, 0.25) is 0 Å². The predicted octanol–water partition coefficient (Wildman–Crippen LogP) is 4.86. The molecule has 1 nitrogen and oxygen atoms in total. The van der Waals surface area contributed by atoms with Gasteiger partial charge in [-0.1, -0.05) is 30.3 Å². The maximum atomic E-state index is 11.0. The van der Waals surface area contributed by atoms with Crippen molar-refractivity contribution in [2.24, 2.45) is 0 Å². The fourth-order valence-electron chi connectivity index (χ4n) is 0.768. The summed E-state index contributed by atoms with van der Waals surface area (Å²) in [5.74, 6) is 0.221. The Balaban J connectivity index is 0.000000325. The third kappa shape index (κ3) is 15.3. The third-order valence-corrected chi connectivity index (χ3v) is 1.78. The molecule has 0 radical (unpaired) electrons. The maximum Gasteiger partial charge on any atom is 0.199 e. The first-order valence-electron chi connectivity index (χ1n) is 4.23. The molecule has 0 heterocycles. The van der Waals surface area contributed by atoms with Gasteiger partial charge < -0.3 is 0 Å². The zero-order chi connectivity index (χ0) is 13.8. The van der Waals surface area contributed by atoms with E-state index in [1.165, 1.54) is 0 Å². The topological polar surface area (TPSA) is 17.1 Å². The largest absolute Gasteiger partial charge is 0.290 e. The van der Waals surface area contributed by atoms with E-state index in [0.29, 0.717) is 6.16 Å². The van der Waals surface area contributed by atoms with Crippen LogP contribution in [-0.4, -0.2) is 11.9 Å². The van der Waals surface area contributed by atoms with Crippen LogP contribution in [0.5, 0.6) is 0 Å². The molecule has 17 heavy (non-hydrogen) atoms. The van der Waals surface area contributed by atoms with Crippen LogP contribution in [0.3, 0.4) is 0 Å². The molecule has 1 atom stereocenters. The van der Waals surface area contributed by atoms with Crippen molar-refractivity contribution >= 4 is 22.8 Å². The average molecular weight is 298 g/mol. The molecule has 0 aliphatic heterocycles. The van der Waals surface area contributed by atoms with Crippen LogP contribution < -0.4 is 0 Å². The van der Waals surface area contributed by atoms with Crippen LogP contribution in [-0.2, 0) is 0 Å². The molecule has 1 aromatic carbocycles. The van der Waals surface area contributed by atoms with E-state index in [4.69, 9.17) is 0 Å². The van der Waals surface area contributed by atoms with Gasteiger partial charge >= 0.3 is 33.0 Å². The van der Waals surface area contributed by atoms with E-state index in [9.17, 15) is 30.0 Å². The van der Waals surface area contributed by atoms with Gasteiger partial charge in [-0.3, -0.25) is 4.79 Å². The van der Waals surface area contributed by atoms with Crippen LogP contribution in [0, 0.1) is 0 Å². The smallest absolute Gasteiger partial charge is 0.199 e. The number of rotatable bonds is 2. The Hall–Kier alpha value is -0.670. The van der Waals surface area contributed by atoms with Crippen molar-refractivity contribution in [2.75, 3.05) is 6.16 Å². The van der Waals surface area contributed by atoms with E-state index in [1.807, 2.05) is 30.3 Å². The Bertz CT molecular complexity index is 373. The summed E-state index contributed by atoms with van der Waals surface area (Å²) >= 11 is 0. The summed E-state index contributed by atoms with van der Waals surface area (Å²) in [5, 5.41) is 0. The number of ketones is 1. The van der Waals surface area contributed by atoms with Crippen LogP contribution in [0.2, 0.25) is 0 Å². The zero-order valence-electron chi connectivity index (χ0n) is 8.42. The third-order valence-electron chi connectivity index (χ3n) is 1.32. The van der Waals surface area contributed by atoms with Gasteiger partial charge in [0.25, 0.3) is 0 Å². The minimum Gasteiger partial charge on any atom is -0.290 e. The predicted molar refractivity (Wildman–Crippen MR) is 60.3 cm³/mol. The van der Waals surface area contributed by atoms with Crippen molar-refractivity contribution in [3.8, 4) is 0 Å². The average Bonchev–Trinajstić information content (AvgIpc) is 2.13. The molecule has 0 bridgehead atoms. The van der Waals surface area contributed by atoms with Crippen molar-refractivity contribution < 1.29 is 30.0 Å². The second-order valence-corrected chi connectivity index (χ2v) is 5.41. The number of carbonyl (C=O) groups excluding carboxylic acids is 1. The maximum absolute atomic E-state index is 11.0. The molecule has 100 valence electrons. The van der Waals surface area contributed by atoms with Gasteiger partial charge in [0.15, 0.2) is 5.78 Å². The van der Waals surface area contributed by atoms with Crippen LogP contribution in [0.1, 0.15) is 10.4 Å². The Morgan fingerprint density at radius 2 is 1.35 bits per heavy atom. The molecular weight excluding hydrogens is 288 g/mol. The SMILES string of the molecule is F[P-](F)(F)(F)(F)F.O=C(C[PH3+])c1ccccc1. The van der Waals surface area contributed by atoms with E-state index in [-0.39, 0.29) is 5.78 Å². The van der Waals surface area contributed by atoms with E-state index < -0.39 is 7.81 Å². The van der Waals surface area contributed by atoms with Gasteiger partial charge in [-0.15, -0.1) is 0 Å². The van der Waals surface area contributed by atoms with E-state index in [2.05, 4.69) is 0 Å². The summed E-state index contributed by atoms with van der Waals surface area (Å²) in [5.41, 5.74) is 0.817. The minimum atomic E-state index is -10.7. The summed E-state index contributed by atoms with van der Waals surface area (Å²) in [7, 11) is -8.97.